The molecule has 0 saturated carbocycles. The maximum atomic E-state index is 12.5. The Morgan fingerprint density at radius 2 is 1.90 bits per heavy atom. The Morgan fingerprint density at radius 3 is 2.45 bits per heavy atom. The summed E-state index contributed by atoms with van der Waals surface area (Å²) in [4.78, 5) is 2.20. The molecule has 0 bridgehead atoms. The minimum atomic E-state index is -4.28. The van der Waals surface area contributed by atoms with Crippen molar-refractivity contribution in [2.45, 2.75) is 32.5 Å². The number of aliphatic hydroxyl groups is 1. The predicted molar refractivity (Wildman–Crippen MR) is 71.1 cm³/mol. The molecular formula is C15H20F3NO. The van der Waals surface area contributed by atoms with Crippen LogP contribution in [0.15, 0.2) is 24.3 Å². The van der Waals surface area contributed by atoms with Crippen molar-refractivity contribution in [2.24, 2.45) is 5.41 Å². The van der Waals surface area contributed by atoms with Crippen molar-refractivity contribution in [1.82, 2.24) is 4.90 Å². The third-order valence-electron chi connectivity index (χ3n) is 3.93. The van der Waals surface area contributed by atoms with Crippen molar-refractivity contribution in [3.8, 4) is 0 Å². The summed E-state index contributed by atoms with van der Waals surface area (Å²) in [6, 6.07) is 5.33. The summed E-state index contributed by atoms with van der Waals surface area (Å²) in [5.41, 5.74) is 0.171. The van der Waals surface area contributed by atoms with Crippen molar-refractivity contribution >= 4 is 0 Å². The Hall–Kier alpha value is -1.07. The van der Waals surface area contributed by atoms with E-state index in [0.29, 0.717) is 6.54 Å². The van der Waals surface area contributed by atoms with E-state index in [-0.39, 0.29) is 12.0 Å². The van der Waals surface area contributed by atoms with Crippen LogP contribution in [0.5, 0.6) is 0 Å². The standard InChI is InChI=1S/C15H20F3NO/c1-14(11-20)7-2-8-19(10-14)9-12-3-5-13(6-4-12)15(16,17)18/h3-6,20H,2,7-11H2,1H3. The Bertz CT molecular complexity index is 443. The highest BCUT2D eigenvalue weighted by Crippen LogP contribution is 2.31. The Balaban J connectivity index is 2.00. The number of hydrogen-bond acceptors (Lipinski definition) is 2. The first-order chi connectivity index (χ1) is 9.32. The molecular weight excluding hydrogens is 267 g/mol. The van der Waals surface area contributed by atoms with E-state index in [0.717, 1.165) is 43.6 Å². The van der Waals surface area contributed by atoms with E-state index < -0.39 is 11.7 Å². The minimum Gasteiger partial charge on any atom is -0.396 e. The van der Waals surface area contributed by atoms with Crippen LogP contribution in [0.2, 0.25) is 0 Å². The second kappa shape index (κ2) is 5.74. The van der Waals surface area contributed by atoms with Crippen LogP contribution in [0.25, 0.3) is 0 Å². The van der Waals surface area contributed by atoms with Gasteiger partial charge in [0.2, 0.25) is 0 Å². The van der Waals surface area contributed by atoms with Crippen molar-refractivity contribution < 1.29 is 18.3 Å². The van der Waals surface area contributed by atoms with Gasteiger partial charge >= 0.3 is 6.18 Å². The Labute approximate surface area is 117 Å². The fourth-order valence-electron chi connectivity index (χ4n) is 2.75. The maximum Gasteiger partial charge on any atom is 0.416 e. The highest BCUT2D eigenvalue weighted by Gasteiger charge is 2.31. The van der Waals surface area contributed by atoms with Crippen molar-refractivity contribution in [2.75, 3.05) is 19.7 Å². The monoisotopic (exact) mass is 287 g/mol. The lowest BCUT2D eigenvalue weighted by Gasteiger charge is -2.39. The first kappa shape index (κ1) is 15.3. The predicted octanol–water partition coefficient (Wildman–Crippen LogP) is 3.30. The zero-order valence-corrected chi connectivity index (χ0v) is 11.6. The number of likely N-dealkylation sites (tertiary alicyclic amines) is 1. The van der Waals surface area contributed by atoms with E-state index in [4.69, 9.17) is 0 Å². The number of alkyl halides is 3. The molecule has 1 atom stereocenters. The summed E-state index contributed by atoms with van der Waals surface area (Å²) < 4.78 is 37.5. The quantitative estimate of drug-likeness (QED) is 0.922. The lowest BCUT2D eigenvalue weighted by atomic mass is 9.82. The van der Waals surface area contributed by atoms with Crippen LogP contribution < -0.4 is 0 Å². The van der Waals surface area contributed by atoms with Crippen LogP contribution in [0.1, 0.15) is 30.9 Å². The lowest BCUT2D eigenvalue weighted by molar-refractivity contribution is -0.137. The third kappa shape index (κ3) is 3.73. The molecule has 0 aliphatic carbocycles. The maximum absolute atomic E-state index is 12.5. The van der Waals surface area contributed by atoms with Crippen LogP contribution in [0.3, 0.4) is 0 Å². The summed E-state index contributed by atoms with van der Waals surface area (Å²) in [5, 5.41) is 9.41. The van der Waals surface area contributed by atoms with Gasteiger partial charge in [0.15, 0.2) is 0 Å². The summed E-state index contributed by atoms with van der Waals surface area (Å²) in [6.07, 6.45) is -2.27. The second-order valence-corrected chi connectivity index (χ2v) is 5.98. The molecule has 1 unspecified atom stereocenters. The Morgan fingerprint density at radius 1 is 1.25 bits per heavy atom. The smallest absolute Gasteiger partial charge is 0.396 e. The molecule has 1 aliphatic rings. The van der Waals surface area contributed by atoms with Gasteiger partial charge in [0.25, 0.3) is 0 Å². The summed E-state index contributed by atoms with van der Waals surface area (Å²) >= 11 is 0. The third-order valence-corrected chi connectivity index (χ3v) is 3.93. The highest BCUT2D eigenvalue weighted by atomic mass is 19.4. The van der Waals surface area contributed by atoms with Gasteiger partial charge in [-0.3, -0.25) is 4.90 Å². The average molecular weight is 287 g/mol. The number of aliphatic hydroxyl groups excluding tert-OH is 1. The van der Waals surface area contributed by atoms with Gasteiger partial charge in [-0.1, -0.05) is 19.1 Å². The van der Waals surface area contributed by atoms with Crippen molar-refractivity contribution in [1.29, 1.82) is 0 Å². The molecule has 1 saturated heterocycles. The molecule has 1 aromatic carbocycles. The molecule has 5 heteroatoms. The molecule has 1 aliphatic heterocycles. The highest BCUT2D eigenvalue weighted by molar-refractivity contribution is 5.24. The van der Waals surface area contributed by atoms with Crippen LogP contribution >= 0.6 is 0 Å². The van der Waals surface area contributed by atoms with E-state index in [1.54, 1.807) is 0 Å². The molecule has 112 valence electrons. The first-order valence-corrected chi connectivity index (χ1v) is 6.82. The molecule has 1 fully saturated rings. The van der Waals surface area contributed by atoms with Gasteiger partial charge in [-0.15, -0.1) is 0 Å². The van der Waals surface area contributed by atoms with Crippen LogP contribution in [-0.4, -0.2) is 29.7 Å². The lowest BCUT2D eigenvalue weighted by Crippen LogP contribution is -2.43. The largest absolute Gasteiger partial charge is 0.416 e. The zero-order chi connectivity index (χ0) is 14.8. The van der Waals surface area contributed by atoms with Crippen LogP contribution in [-0.2, 0) is 12.7 Å². The molecule has 1 heterocycles. The fourth-order valence-corrected chi connectivity index (χ4v) is 2.75. The molecule has 1 N–H and O–H groups in total. The Kier molecular flexibility index (Phi) is 4.39. The van der Waals surface area contributed by atoms with Gasteiger partial charge < -0.3 is 5.11 Å². The number of piperidine rings is 1. The molecule has 20 heavy (non-hydrogen) atoms. The zero-order valence-electron chi connectivity index (χ0n) is 11.6. The number of hydrogen-bond donors (Lipinski definition) is 1. The normalized spacial score (nSPS) is 24.9. The topological polar surface area (TPSA) is 23.5 Å². The second-order valence-electron chi connectivity index (χ2n) is 5.98. The van der Waals surface area contributed by atoms with Crippen molar-refractivity contribution in [3.63, 3.8) is 0 Å². The minimum absolute atomic E-state index is 0.0931. The van der Waals surface area contributed by atoms with Crippen LogP contribution in [0, 0.1) is 5.41 Å². The molecule has 0 amide bonds. The molecule has 2 nitrogen and oxygen atoms in total. The van der Waals surface area contributed by atoms with Gasteiger partial charge in [0.1, 0.15) is 0 Å². The number of rotatable bonds is 3. The average Bonchev–Trinajstić information content (AvgIpc) is 2.38. The van der Waals surface area contributed by atoms with E-state index in [9.17, 15) is 18.3 Å². The van der Waals surface area contributed by atoms with Crippen LogP contribution in [0.4, 0.5) is 13.2 Å². The summed E-state index contributed by atoms with van der Waals surface area (Å²) in [7, 11) is 0. The van der Waals surface area contributed by atoms with E-state index in [2.05, 4.69) is 4.90 Å². The van der Waals surface area contributed by atoms with Crippen molar-refractivity contribution in [3.05, 3.63) is 35.4 Å². The molecule has 1 aromatic rings. The first-order valence-electron chi connectivity index (χ1n) is 6.82. The van der Waals surface area contributed by atoms with E-state index in [1.807, 2.05) is 6.92 Å². The number of halogens is 3. The summed E-state index contributed by atoms with van der Waals surface area (Å²) in [5.74, 6) is 0. The van der Waals surface area contributed by atoms with Gasteiger partial charge in [0.05, 0.1) is 5.56 Å². The number of benzene rings is 1. The van der Waals surface area contributed by atoms with E-state index in [1.165, 1.54) is 12.1 Å². The molecule has 0 spiro atoms. The van der Waals surface area contributed by atoms with Gasteiger partial charge in [-0.05, 0) is 37.1 Å². The van der Waals surface area contributed by atoms with Gasteiger partial charge in [0, 0.05) is 25.1 Å². The molecule has 0 radical (unpaired) electrons. The number of nitrogens with zero attached hydrogens (tertiary/aromatic N) is 1. The van der Waals surface area contributed by atoms with Gasteiger partial charge in [-0.2, -0.15) is 13.2 Å². The summed E-state index contributed by atoms with van der Waals surface area (Å²) in [6.45, 7) is 4.54. The molecule has 2 rings (SSSR count). The SMILES string of the molecule is CC1(CO)CCCN(Cc2ccc(C(F)(F)F)cc2)C1. The fraction of sp³-hybridized carbons (Fsp3) is 0.600. The molecule has 0 aromatic heterocycles. The van der Waals surface area contributed by atoms with E-state index >= 15 is 0 Å². The van der Waals surface area contributed by atoms with Gasteiger partial charge in [-0.25, -0.2) is 0 Å².